The Balaban J connectivity index is 2.29. The summed E-state index contributed by atoms with van der Waals surface area (Å²) < 4.78 is 2.01. The van der Waals surface area contributed by atoms with Crippen LogP contribution < -0.4 is 5.32 Å². The van der Waals surface area contributed by atoms with E-state index in [-0.39, 0.29) is 0 Å². The monoisotopic (exact) mass is 236 g/mol. The van der Waals surface area contributed by atoms with Gasteiger partial charge in [-0.05, 0) is 12.2 Å². The minimum atomic E-state index is 0.879. The first-order chi connectivity index (χ1) is 7.85. The molecule has 4 nitrogen and oxygen atoms in total. The summed E-state index contributed by atoms with van der Waals surface area (Å²) in [5.74, 6) is 1.98. The van der Waals surface area contributed by atoms with Gasteiger partial charge in [-0.3, -0.25) is 0 Å². The smallest absolute Gasteiger partial charge is 0.169 e. The number of nitrogens with zero attached hydrogens (tertiary/aromatic N) is 3. The average molecular weight is 236 g/mol. The summed E-state index contributed by atoms with van der Waals surface area (Å²) in [7, 11) is 1.88. The number of thioether (sulfide) groups is 1. The maximum atomic E-state index is 4.53. The van der Waals surface area contributed by atoms with Crippen LogP contribution in [0.3, 0.4) is 0 Å². The van der Waals surface area contributed by atoms with Crippen molar-refractivity contribution in [1.82, 2.24) is 14.4 Å². The van der Waals surface area contributed by atoms with Gasteiger partial charge in [-0.2, -0.15) is 0 Å². The van der Waals surface area contributed by atoms with Crippen LogP contribution in [-0.4, -0.2) is 27.2 Å². The van der Waals surface area contributed by atoms with Crippen LogP contribution in [-0.2, 0) is 0 Å². The minimum Gasteiger partial charge on any atom is -0.372 e. The van der Waals surface area contributed by atoms with Gasteiger partial charge in [0.1, 0.15) is 10.8 Å². The van der Waals surface area contributed by atoms with E-state index < -0.39 is 0 Å². The van der Waals surface area contributed by atoms with Gasteiger partial charge in [-0.25, -0.2) is 9.97 Å². The molecule has 0 amide bonds. The Kier molecular flexibility index (Phi) is 3.66. The molecule has 0 saturated carbocycles. The fourth-order valence-electron chi connectivity index (χ4n) is 1.43. The number of anilines is 1. The Hall–Kier alpha value is -1.23. The molecule has 0 unspecified atom stereocenters. The highest BCUT2D eigenvalue weighted by Gasteiger charge is 2.06. The van der Waals surface area contributed by atoms with Gasteiger partial charge in [0.25, 0.3) is 0 Å². The van der Waals surface area contributed by atoms with Crippen molar-refractivity contribution in [3.8, 4) is 0 Å². The number of hydrogen-bond donors (Lipinski definition) is 1. The van der Waals surface area contributed by atoms with E-state index in [1.807, 2.05) is 23.8 Å². The lowest BCUT2D eigenvalue weighted by molar-refractivity contribution is 0.894. The molecule has 0 atom stereocenters. The van der Waals surface area contributed by atoms with Crippen molar-refractivity contribution in [2.75, 3.05) is 18.1 Å². The lowest BCUT2D eigenvalue weighted by Crippen LogP contribution is -1.98. The molecule has 0 fully saturated rings. The van der Waals surface area contributed by atoms with Crippen molar-refractivity contribution < 1.29 is 0 Å². The largest absolute Gasteiger partial charge is 0.372 e. The maximum absolute atomic E-state index is 4.53. The van der Waals surface area contributed by atoms with E-state index in [1.165, 1.54) is 12.8 Å². The molecule has 5 heteroatoms. The summed E-state index contributed by atoms with van der Waals surface area (Å²) in [6, 6.07) is 0. The highest BCUT2D eigenvalue weighted by atomic mass is 32.2. The standard InChI is InChI=1S/C11H16N4S/c1-3-4-7-16-11-10-13-5-6-15(10)8-9(12-2)14-11/h5-6,8,12H,3-4,7H2,1-2H3. The highest BCUT2D eigenvalue weighted by molar-refractivity contribution is 7.99. The predicted molar refractivity (Wildman–Crippen MR) is 68.2 cm³/mol. The van der Waals surface area contributed by atoms with Crippen molar-refractivity contribution in [2.45, 2.75) is 24.8 Å². The molecule has 2 heterocycles. The van der Waals surface area contributed by atoms with Gasteiger partial charge in [0, 0.05) is 19.4 Å². The molecule has 0 spiro atoms. The van der Waals surface area contributed by atoms with Gasteiger partial charge in [-0.15, -0.1) is 11.8 Å². The van der Waals surface area contributed by atoms with E-state index in [2.05, 4.69) is 22.2 Å². The molecule has 2 aromatic heterocycles. The molecule has 2 rings (SSSR count). The zero-order chi connectivity index (χ0) is 11.4. The lowest BCUT2D eigenvalue weighted by Gasteiger charge is -2.06. The Morgan fingerprint density at radius 2 is 2.38 bits per heavy atom. The van der Waals surface area contributed by atoms with Gasteiger partial charge >= 0.3 is 0 Å². The Morgan fingerprint density at radius 3 is 3.12 bits per heavy atom. The molecule has 0 saturated heterocycles. The maximum Gasteiger partial charge on any atom is 0.169 e. The van der Waals surface area contributed by atoms with E-state index in [0.717, 1.165) is 22.2 Å². The number of fused-ring (bicyclic) bond motifs is 1. The molecule has 16 heavy (non-hydrogen) atoms. The third-order valence-electron chi connectivity index (χ3n) is 2.34. The fraction of sp³-hybridized carbons (Fsp3) is 0.455. The fourth-order valence-corrected chi connectivity index (χ4v) is 2.51. The van der Waals surface area contributed by atoms with Crippen LogP contribution in [0.15, 0.2) is 23.6 Å². The Morgan fingerprint density at radius 1 is 1.50 bits per heavy atom. The summed E-state index contributed by atoms with van der Waals surface area (Å²) in [5, 5.41) is 4.07. The van der Waals surface area contributed by atoms with Gasteiger partial charge < -0.3 is 9.72 Å². The summed E-state index contributed by atoms with van der Waals surface area (Å²) in [5.41, 5.74) is 0.945. The average Bonchev–Trinajstić information content (AvgIpc) is 2.77. The zero-order valence-corrected chi connectivity index (χ0v) is 10.4. The summed E-state index contributed by atoms with van der Waals surface area (Å²) in [4.78, 5) is 8.86. The van der Waals surface area contributed by atoms with Crippen molar-refractivity contribution in [3.63, 3.8) is 0 Å². The number of imidazole rings is 1. The van der Waals surface area contributed by atoms with Gasteiger partial charge in [0.15, 0.2) is 5.65 Å². The van der Waals surface area contributed by atoms with Crippen molar-refractivity contribution in [3.05, 3.63) is 18.6 Å². The summed E-state index contributed by atoms with van der Waals surface area (Å²) >= 11 is 1.77. The van der Waals surface area contributed by atoms with Gasteiger partial charge in [0.05, 0.1) is 6.20 Å². The molecule has 0 bridgehead atoms. The molecule has 0 aliphatic heterocycles. The van der Waals surface area contributed by atoms with Crippen molar-refractivity contribution in [2.24, 2.45) is 0 Å². The predicted octanol–water partition coefficient (Wildman–Crippen LogP) is 2.66. The van der Waals surface area contributed by atoms with Crippen LogP contribution in [0, 0.1) is 0 Å². The molecular weight excluding hydrogens is 220 g/mol. The van der Waals surface area contributed by atoms with Crippen LogP contribution in [0.2, 0.25) is 0 Å². The van der Waals surface area contributed by atoms with Gasteiger partial charge in [0.2, 0.25) is 0 Å². The number of nitrogens with one attached hydrogen (secondary N) is 1. The molecule has 86 valence electrons. The second kappa shape index (κ2) is 5.21. The molecular formula is C11H16N4S. The first-order valence-corrected chi connectivity index (χ1v) is 6.48. The van der Waals surface area contributed by atoms with Gasteiger partial charge in [-0.1, -0.05) is 13.3 Å². The zero-order valence-electron chi connectivity index (χ0n) is 9.60. The van der Waals surface area contributed by atoms with E-state index >= 15 is 0 Å². The third-order valence-corrected chi connectivity index (χ3v) is 3.38. The number of hydrogen-bond acceptors (Lipinski definition) is 4. The Labute approximate surface area is 99.5 Å². The van der Waals surface area contributed by atoms with E-state index in [4.69, 9.17) is 0 Å². The van der Waals surface area contributed by atoms with Crippen LogP contribution >= 0.6 is 11.8 Å². The highest BCUT2D eigenvalue weighted by Crippen LogP contribution is 2.23. The van der Waals surface area contributed by atoms with Crippen molar-refractivity contribution in [1.29, 1.82) is 0 Å². The first kappa shape index (κ1) is 11.3. The lowest BCUT2D eigenvalue weighted by atomic mass is 10.4. The number of unbranched alkanes of at least 4 members (excludes halogenated alkanes) is 1. The van der Waals surface area contributed by atoms with Crippen molar-refractivity contribution >= 4 is 23.2 Å². The van der Waals surface area contributed by atoms with Crippen LogP contribution in [0.5, 0.6) is 0 Å². The van der Waals surface area contributed by atoms with Crippen LogP contribution in [0.25, 0.3) is 5.65 Å². The minimum absolute atomic E-state index is 0.879. The second-order valence-electron chi connectivity index (χ2n) is 3.54. The first-order valence-electron chi connectivity index (χ1n) is 5.49. The molecule has 1 N–H and O–H groups in total. The third kappa shape index (κ3) is 2.29. The topological polar surface area (TPSA) is 42.2 Å². The SMILES string of the molecule is CCCCSc1nc(NC)cn2ccnc12. The van der Waals surface area contributed by atoms with Crippen LogP contribution in [0.4, 0.5) is 5.82 Å². The normalized spacial score (nSPS) is 10.9. The molecule has 0 aliphatic rings. The number of rotatable bonds is 5. The second-order valence-corrected chi connectivity index (χ2v) is 4.63. The van der Waals surface area contributed by atoms with Crippen LogP contribution in [0.1, 0.15) is 19.8 Å². The van der Waals surface area contributed by atoms with E-state index in [9.17, 15) is 0 Å². The number of aromatic nitrogens is 3. The summed E-state index contributed by atoms with van der Waals surface area (Å²) in [6.07, 6.45) is 8.13. The summed E-state index contributed by atoms with van der Waals surface area (Å²) in [6.45, 7) is 2.20. The Bertz CT molecular complexity index is 466. The molecule has 0 aromatic carbocycles. The van der Waals surface area contributed by atoms with E-state index in [0.29, 0.717) is 0 Å². The molecule has 0 aliphatic carbocycles. The quantitative estimate of drug-likeness (QED) is 0.640. The molecule has 0 radical (unpaired) electrons. The van der Waals surface area contributed by atoms with E-state index in [1.54, 1.807) is 18.0 Å². The molecule has 2 aromatic rings.